The summed E-state index contributed by atoms with van der Waals surface area (Å²) in [6.07, 6.45) is 2.73. The van der Waals surface area contributed by atoms with Crippen molar-refractivity contribution in [3.63, 3.8) is 0 Å². The van der Waals surface area contributed by atoms with E-state index in [1.165, 1.54) is 24.4 Å². The standard InChI is InChI=1S/C16H17F2N5O2/c17-11-2-1-3-12(18)14(11)20-13-10-19-22-15(21-13)23-6-4-16(5-7-23)24-8-9-25-16/h1-3,10H,4-9H2,(H,20,21,22). The average Bonchev–Trinajstić information content (AvgIpc) is 3.07. The van der Waals surface area contributed by atoms with Gasteiger partial charge in [-0.05, 0) is 12.1 Å². The van der Waals surface area contributed by atoms with E-state index in [1.807, 2.05) is 4.90 Å². The number of para-hydroxylation sites is 1. The van der Waals surface area contributed by atoms with Gasteiger partial charge in [-0.3, -0.25) is 0 Å². The summed E-state index contributed by atoms with van der Waals surface area (Å²) < 4.78 is 38.9. The van der Waals surface area contributed by atoms with Crippen LogP contribution in [0.3, 0.4) is 0 Å². The molecule has 0 atom stereocenters. The molecule has 2 aliphatic rings. The molecule has 0 unspecified atom stereocenters. The molecule has 132 valence electrons. The molecule has 1 aromatic heterocycles. The molecule has 1 aromatic carbocycles. The molecule has 2 aromatic rings. The smallest absolute Gasteiger partial charge is 0.247 e. The predicted molar refractivity (Wildman–Crippen MR) is 85.5 cm³/mol. The largest absolute Gasteiger partial charge is 0.347 e. The van der Waals surface area contributed by atoms with Crippen molar-refractivity contribution in [1.82, 2.24) is 15.2 Å². The number of hydrogen-bond acceptors (Lipinski definition) is 7. The minimum Gasteiger partial charge on any atom is -0.347 e. The zero-order valence-electron chi connectivity index (χ0n) is 13.4. The van der Waals surface area contributed by atoms with Crippen molar-refractivity contribution >= 4 is 17.5 Å². The number of nitrogens with zero attached hydrogens (tertiary/aromatic N) is 4. The Bertz CT molecular complexity index is 740. The Morgan fingerprint density at radius 3 is 2.44 bits per heavy atom. The number of halogens is 2. The number of rotatable bonds is 3. The molecule has 0 aliphatic carbocycles. The van der Waals surface area contributed by atoms with Crippen molar-refractivity contribution in [1.29, 1.82) is 0 Å². The Kier molecular flexibility index (Phi) is 4.18. The van der Waals surface area contributed by atoms with Gasteiger partial charge in [0.15, 0.2) is 11.6 Å². The summed E-state index contributed by atoms with van der Waals surface area (Å²) in [5.41, 5.74) is -0.265. The van der Waals surface area contributed by atoms with Crippen molar-refractivity contribution in [3.8, 4) is 0 Å². The van der Waals surface area contributed by atoms with E-state index in [-0.39, 0.29) is 11.5 Å². The van der Waals surface area contributed by atoms with Crippen LogP contribution in [0.25, 0.3) is 0 Å². The first kappa shape index (κ1) is 16.1. The summed E-state index contributed by atoms with van der Waals surface area (Å²) in [6.45, 7) is 2.54. The number of nitrogens with one attached hydrogen (secondary N) is 1. The van der Waals surface area contributed by atoms with E-state index in [0.717, 1.165) is 0 Å². The van der Waals surface area contributed by atoms with Gasteiger partial charge in [-0.1, -0.05) is 6.07 Å². The zero-order valence-corrected chi connectivity index (χ0v) is 13.4. The van der Waals surface area contributed by atoms with Crippen LogP contribution in [0.1, 0.15) is 12.8 Å². The third kappa shape index (κ3) is 3.24. The van der Waals surface area contributed by atoms with Crippen LogP contribution in [0.5, 0.6) is 0 Å². The van der Waals surface area contributed by atoms with Crippen LogP contribution in [-0.4, -0.2) is 47.3 Å². The van der Waals surface area contributed by atoms with Crippen molar-refractivity contribution in [3.05, 3.63) is 36.0 Å². The molecule has 1 spiro atoms. The molecule has 0 radical (unpaired) electrons. The SMILES string of the molecule is Fc1cccc(F)c1Nc1cnnc(N2CCC3(CC2)OCCO3)n1. The lowest BCUT2D eigenvalue weighted by Crippen LogP contribution is -2.45. The van der Waals surface area contributed by atoms with Gasteiger partial charge in [0.05, 0.1) is 19.4 Å². The number of benzene rings is 1. The highest BCUT2D eigenvalue weighted by Gasteiger charge is 2.40. The van der Waals surface area contributed by atoms with Crippen molar-refractivity contribution < 1.29 is 18.3 Å². The van der Waals surface area contributed by atoms with Crippen LogP contribution < -0.4 is 10.2 Å². The van der Waals surface area contributed by atoms with E-state index in [9.17, 15) is 8.78 Å². The first-order valence-corrected chi connectivity index (χ1v) is 8.09. The van der Waals surface area contributed by atoms with Crippen LogP contribution in [-0.2, 0) is 9.47 Å². The molecule has 4 rings (SSSR count). The van der Waals surface area contributed by atoms with E-state index in [2.05, 4.69) is 20.5 Å². The Morgan fingerprint density at radius 2 is 1.76 bits per heavy atom. The van der Waals surface area contributed by atoms with E-state index >= 15 is 0 Å². The number of ether oxygens (including phenoxy) is 2. The fourth-order valence-corrected chi connectivity index (χ4v) is 3.07. The minimum atomic E-state index is -0.699. The van der Waals surface area contributed by atoms with Crippen molar-refractivity contribution in [2.24, 2.45) is 0 Å². The van der Waals surface area contributed by atoms with E-state index in [4.69, 9.17) is 9.47 Å². The topological polar surface area (TPSA) is 72.4 Å². The van der Waals surface area contributed by atoms with Crippen LogP contribution in [0.2, 0.25) is 0 Å². The molecule has 7 nitrogen and oxygen atoms in total. The highest BCUT2D eigenvalue weighted by atomic mass is 19.1. The molecule has 9 heteroatoms. The van der Waals surface area contributed by atoms with Gasteiger partial charge in [0.1, 0.15) is 17.3 Å². The van der Waals surface area contributed by atoms with Crippen LogP contribution in [0, 0.1) is 11.6 Å². The summed E-state index contributed by atoms with van der Waals surface area (Å²) in [6, 6.07) is 3.65. The fourth-order valence-electron chi connectivity index (χ4n) is 3.07. The second kappa shape index (κ2) is 6.49. The van der Waals surface area contributed by atoms with Gasteiger partial charge in [0.25, 0.3) is 0 Å². The third-order valence-electron chi connectivity index (χ3n) is 4.39. The predicted octanol–water partition coefficient (Wildman–Crippen LogP) is 2.24. The minimum absolute atomic E-state index is 0.225. The number of hydrogen-bond donors (Lipinski definition) is 1. The second-order valence-corrected chi connectivity index (χ2v) is 5.96. The maximum Gasteiger partial charge on any atom is 0.247 e. The first-order valence-electron chi connectivity index (χ1n) is 8.09. The van der Waals surface area contributed by atoms with E-state index in [0.29, 0.717) is 45.1 Å². The van der Waals surface area contributed by atoms with Crippen LogP contribution >= 0.6 is 0 Å². The molecule has 0 amide bonds. The molecular weight excluding hydrogens is 332 g/mol. The number of aromatic nitrogens is 3. The second-order valence-electron chi connectivity index (χ2n) is 5.96. The molecule has 0 bridgehead atoms. The van der Waals surface area contributed by atoms with Crippen LogP contribution in [0.4, 0.5) is 26.2 Å². The Morgan fingerprint density at radius 1 is 1.08 bits per heavy atom. The average molecular weight is 349 g/mol. The fraction of sp³-hybridized carbons (Fsp3) is 0.438. The van der Waals surface area contributed by atoms with Crippen molar-refractivity contribution in [2.75, 3.05) is 36.5 Å². The summed E-state index contributed by atoms with van der Waals surface area (Å²) in [4.78, 5) is 6.27. The van der Waals surface area contributed by atoms with Crippen LogP contribution in [0.15, 0.2) is 24.4 Å². The summed E-state index contributed by atoms with van der Waals surface area (Å²) >= 11 is 0. The molecule has 25 heavy (non-hydrogen) atoms. The van der Waals surface area contributed by atoms with Crippen molar-refractivity contribution in [2.45, 2.75) is 18.6 Å². The molecule has 2 aliphatic heterocycles. The molecule has 3 heterocycles. The molecular formula is C16H17F2N5O2. The summed E-state index contributed by atoms with van der Waals surface area (Å²) in [5.74, 6) is -1.26. The lowest BCUT2D eigenvalue weighted by molar-refractivity contribution is -0.169. The zero-order chi connectivity index (χ0) is 17.3. The third-order valence-corrected chi connectivity index (χ3v) is 4.39. The van der Waals surface area contributed by atoms with E-state index in [1.54, 1.807) is 0 Å². The van der Waals surface area contributed by atoms with Gasteiger partial charge in [-0.2, -0.15) is 10.1 Å². The summed E-state index contributed by atoms with van der Waals surface area (Å²) in [7, 11) is 0. The highest BCUT2D eigenvalue weighted by molar-refractivity contribution is 5.57. The van der Waals surface area contributed by atoms with Gasteiger partial charge < -0.3 is 19.7 Å². The van der Waals surface area contributed by atoms with Gasteiger partial charge >= 0.3 is 0 Å². The van der Waals surface area contributed by atoms with Gasteiger partial charge in [0, 0.05) is 25.9 Å². The monoisotopic (exact) mass is 349 g/mol. The quantitative estimate of drug-likeness (QED) is 0.911. The molecule has 1 N–H and O–H groups in total. The highest BCUT2D eigenvalue weighted by Crippen LogP contribution is 2.32. The number of anilines is 3. The first-order chi connectivity index (χ1) is 12.2. The summed E-state index contributed by atoms with van der Waals surface area (Å²) in [5, 5.41) is 10.5. The maximum atomic E-state index is 13.8. The van der Waals surface area contributed by atoms with Gasteiger partial charge in [0.2, 0.25) is 5.95 Å². The Hall–Kier alpha value is -2.39. The van der Waals surface area contributed by atoms with Gasteiger partial charge in [-0.25, -0.2) is 8.78 Å². The molecule has 2 fully saturated rings. The van der Waals surface area contributed by atoms with E-state index < -0.39 is 17.4 Å². The Balaban J connectivity index is 1.48. The Labute approximate surface area is 143 Å². The maximum absolute atomic E-state index is 13.8. The molecule has 0 saturated carbocycles. The number of piperidine rings is 1. The lowest BCUT2D eigenvalue weighted by Gasteiger charge is -2.37. The lowest BCUT2D eigenvalue weighted by atomic mass is 10.0. The van der Waals surface area contributed by atoms with Gasteiger partial charge in [-0.15, -0.1) is 5.10 Å². The normalized spacial score (nSPS) is 19.4. The molecule has 2 saturated heterocycles.